The molecule has 4 nitrogen and oxygen atoms in total. The number of rotatable bonds is 6. The number of hydrogen-bond acceptors (Lipinski definition) is 5. The molecule has 0 saturated carbocycles. The maximum Gasteiger partial charge on any atom is 0.350 e. The number of carbonyl (C=O) groups excluding carboxylic acids is 2. The number of amides is 1. The van der Waals surface area contributed by atoms with Gasteiger partial charge in [-0.3, -0.25) is 4.79 Å². The van der Waals surface area contributed by atoms with E-state index in [-0.39, 0.29) is 4.88 Å². The van der Waals surface area contributed by atoms with Gasteiger partial charge in [0, 0.05) is 24.9 Å². The van der Waals surface area contributed by atoms with Gasteiger partial charge < -0.3 is 10.1 Å². The number of fused-ring (bicyclic) bond motifs is 1. The first-order valence-electron chi connectivity index (χ1n) is 9.18. The lowest BCUT2D eigenvalue weighted by Gasteiger charge is -2.11. The molecule has 0 aliphatic rings. The van der Waals surface area contributed by atoms with Crippen LogP contribution in [0.25, 0.3) is 10.1 Å². The highest BCUT2D eigenvalue weighted by atomic mass is 35.5. The summed E-state index contributed by atoms with van der Waals surface area (Å²) < 4.78 is 5.97. The third-order valence-corrected chi connectivity index (χ3v) is 7.20. The van der Waals surface area contributed by atoms with Crippen LogP contribution in [0.4, 0.5) is 5.69 Å². The lowest BCUT2D eigenvalue weighted by Crippen LogP contribution is -2.21. The Morgan fingerprint density at radius 1 is 0.968 bits per heavy atom. The van der Waals surface area contributed by atoms with Crippen molar-refractivity contribution in [1.29, 1.82) is 0 Å². The number of nitrogens with one attached hydrogen (secondary N) is 1. The number of esters is 1. The molecule has 0 bridgehead atoms. The standard InChI is InChI=1S/C23H15Cl2NO3S2/c24-14-10-11-16-19(12-14)31-22(21(16)25)23(28)29-13-20(27)26-17-8-4-5-9-18(17)30-15-6-2-1-3-7-15/h1-12H,13H2,(H,26,27). The van der Waals surface area contributed by atoms with Gasteiger partial charge >= 0.3 is 5.97 Å². The minimum Gasteiger partial charge on any atom is -0.451 e. The van der Waals surface area contributed by atoms with Crippen LogP contribution in [0.15, 0.2) is 82.6 Å². The lowest BCUT2D eigenvalue weighted by atomic mass is 10.2. The van der Waals surface area contributed by atoms with E-state index in [2.05, 4.69) is 5.32 Å². The molecule has 0 spiro atoms. The second-order valence-electron chi connectivity index (χ2n) is 6.42. The average Bonchev–Trinajstić information content (AvgIpc) is 3.10. The van der Waals surface area contributed by atoms with Crippen LogP contribution in [0.5, 0.6) is 0 Å². The number of ether oxygens (including phenoxy) is 1. The second-order valence-corrected chi connectivity index (χ2v) is 9.40. The highest BCUT2D eigenvalue weighted by molar-refractivity contribution is 7.99. The summed E-state index contributed by atoms with van der Waals surface area (Å²) in [7, 11) is 0. The van der Waals surface area contributed by atoms with Crippen molar-refractivity contribution < 1.29 is 14.3 Å². The summed E-state index contributed by atoms with van der Waals surface area (Å²) in [4.78, 5) is 27.1. The molecule has 0 aliphatic heterocycles. The molecule has 3 aromatic carbocycles. The number of carbonyl (C=O) groups is 2. The Balaban J connectivity index is 1.41. The van der Waals surface area contributed by atoms with Gasteiger partial charge in [-0.15, -0.1) is 11.3 Å². The predicted molar refractivity (Wildman–Crippen MR) is 128 cm³/mol. The molecule has 31 heavy (non-hydrogen) atoms. The predicted octanol–water partition coefficient (Wildman–Crippen LogP) is 7.15. The lowest BCUT2D eigenvalue weighted by molar-refractivity contribution is -0.119. The summed E-state index contributed by atoms with van der Waals surface area (Å²) in [5, 5.41) is 4.37. The molecule has 0 atom stereocenters. The number of anilines is 1. The van der Waals surface area contributed by atoms with Crippen LogP contribution >= 0.6 is 46.3 Å². The molecule has 4 rings (SSSR count). The minimum absolute atomic E-state index is 0.242. The van der Waals surface area contributed by atoms with E-state index in [0.717, 1.165) is 19.9 Å². The number of halogens is 2. The van der Waals surface area contributed by atoms with Crippen LogP contribution in [0.2, 0.25) is 10.0 Å². The van der Waals surface area contributed by atoms with E-state index in [1.807, 2.05) is 48.5 Å². The minimum atomic E-state index is -0.649. The smallest absolute Gasteiger partial charge is 0.350 e. The Hall–Kier alpha value is -2.51. The summed E-state index contributed by atoms with van der Waals surface area (Å²) in [5.41, 5.74) is 0.645. The first kappa shape index (κ1) is 21.7. The van der Waals surface area contributed by atoms with Gasteiger partial charge in [0.2, 0.25) is 0 Å². The first-order valence-corrected chi connectivity index (χ1v) is 11.6. The van der Waals surface area contributed by atoms with E-state index in [9.17, 15) is 9.59 Å². The van der Waals surface area contributed by atoms with E-state index in [1.54, 1.807) is 24.3 Å². The average molecular weight is 488 g/mol. The quantitative estimate of drug-likeness (QED) is 0.293. The van der Waals surface area contributed by atoms with Crippen molar-refractivity contribution in [2.24, 2.45) is 0 Å². The molecule has 1 heterocycles. The summed E-state index contributed by atoms with van der Waals surface area (Å²) in [6.45, 7) is -0.422. The van der Waals surface area contributed by atoms with Gasteiger partial charge in [0.05, 0.1) is 10.7 Å². The molecule has 4 aromatic rings. The molecular weight excluding hydrogens is 473 g/mol. The molecule has 0 unspecified atom stereocenters. The van der Waals surface area contributed by atoms with Crippen LogP contribution in [-0.2, 0) is 9.53 Å². The van der Waals surface area contributed by atoms with Crippen molar-refractivity contribution in [3.8, 4) is 0 Å². The van der Waals surface area contributed by atoms with Crippen molar-refractivity contribution in [3.05, 3.63) is 87.7 Å². The summed E-state index contributed by atoms with van der Waals surface area (Å²) in [5.74, 6) is -1.08. The molecule has 1 N–H and O–H groups in total. The van der Waals surface area contributed by atoms with Gasteiger partial charge in [0.1, 0.15) is 4.88 Å². The van der Waals surface area contributed by atoms with E-state index < -0.39 is 18.5 Å². The molecule has 0 fully saturated rings. The summed E-state index contributed by atoms with van der Waals surface area (Å²) in [6, 6.07) is 22.5. The van der Waals surface area contributed by atoms with Gasteiger partial charge in [-0.2, -0.15) is 0 Å². The summed E-state index contributed by atoms with van der Waals surface area (Å²) in [6.07, 6.45) is 0. The van der Waals surface area contributed by atoms with Crippen molar-refractivity contribution in [2.45, 2.75) is 9.79 Å². The van der Waals surface area contributed by atoms with Crippen LogP contribution in [-0.4, -0.2) is 18.5 Å². The maximum atomic E-state index is 12.5. The molecule has 0 aliphatic carbocycles. The van der Waals surface area contributed by atoms with E-state index in [1.165, 1.54) is 23.1 Å². The fourth-order valence-corrected chi connectivity index (χ4v) is 5.43. The molecule has 156 valence electrons. The van der Waals surface area contributed by atoms with Crippen molar-refractivity contribution in [3.63, 3.8) is 0 Å². The Morgan fingerprint density at radius 3 is 2.52 bits per heavy atom. The zero-order chi connectivity index (χ0) is 21.8. The highest BCUT2D eigenvalue weighted by Crippen LogP contribution is 2.37. The maximum absolute atomic E-state index is 12.5. The summed E-state index contributed by atoms with van der Waals surface area (Å²) >= 11 is 15.0. The zero-order valence-corrected chi connectivity index (χ0v) is 19.1. The molecule has 1 amide bonds. The highest BCUT2D eigenvalue weighted by Gasteiger charge is 2.20. The molecule has 0 saturated heterocycles. The number of thiophene rings is 1. The van der Waals surface area contributed by atoms with Crippen LogP contribution in [0.3, 0.4) is 0 Å². The van der Waals surface area contributed by atoms with E-state index in [0.29, 0.717) is 15.7 Å². The fourth-order valence-electron chi connectivity index (χ4n) is 2.83. The first-order chi connectivity index (χ1) is 15.0. The van der Waals surface area contributed by atoms with Crippen molar-refractivity contribution >= 4 is 74.0 Å². The largest absolute Gasteiger partial charge is 0.451 e. The Kier molecular flexibility index (Phi) is 6.83. The number of hydrogen-bond donors (Lipinski definition) is 1. The van der Waals surface area contributed by atoms with Gasteiger partial charge in [0.25, 0.3) is 5.91 Å². The van der Waals surface area contributed by atoms with Gasteiger partial charge in [-0.05, 0) is 36.4 Å². The van der Waals surface area contributed by atoms with E-state index in [4.69, 9.17) is 27.9 Å². The van der Waals surface area contributed by atoms with Crippen LogP contribution in [0.1, 0.15) is 9.67 Å². The second kappa shape index (κ2) is 9.75. The topological polar surface area (TPSA) is 55.4 Å². The Bertz CT molecular complexity index is 1260. The third-order valence-electron chi connectivity index (χ3n) is 4.24. The zero-order valence-electron chi connectivity index (χ0n) is 15.9. The monoisotopic (exact) mass is 487 g/mol. The molecule has 0 radical (unpaired) electrons. The number of para-hydroxylation sites is 1. The van der Waals surface area contributed by atoms with Gasteiger partial charge in [-0.1, -0.05) is 71.4 Å². The normalized spacial score (nSPS) is 10.8. The van der Waals surface area contributed by atoms with E-state index >= 15 is 0 Å². The molecular formula is C23H15Cl2NO3S2. The Morgan fingerprint density at radius 2 is 1.71 bits per heavy atom. The Labute approximate surface area is 197 Å². The van der Waals surface area contributed by atoms with Crippen molar-refractivity contribution in [2.75, 3.05) is 11.9 Å². The van der Waals surface area contributed by atoms with Gasteiger partial charge in [0.15, 0.2) is 6.61 Å². The van der Waals surface area contributed by atoms with Crippen LogP contribution < -0.4 is 5.32 Å². The fraction of sp³-hybridized carbons (Fsp3) is 0.0435. The SMILES string of the molecule is O=C(COC(=O)c1sc2cc(Cl)ccc2c1Cl)Nc1ccccc1Sc1ccccc1. The van der Waals surface area contributed by atoms with Gasteiger partial charge in [-0.25, -0.2) is 4.79 Å². The van der Waals surface area contributed by atoms with Crippen LogP contribution in [0, 0.1) is 0 Å². The number of benzene rings is 3. The van der Waals surface area contributed by atoms with Crippen molar-refractivity contribution in [1.82, 2.24) is 0 Å². The third kappa shape index (κ3) is 5.22. The molecule has 8 heteroatoms. The molecule has 1 aromatic heterocycles.